The molecule has 3 aromatic rings. The first-order valence-electron chi connectivity index (χ1n) is 9.01. The minimum Gasteiger partial charge on any atom is -0.497 e. The van der Waals surface area contributed by atoms with Crippen molar-refractivity contribution in [3.05, 3.63) is 52.5 Å². The molecule has 30 heavy (non-hydrogen) atoms. The van der Waals surface area contributed by atoms with Crippen LogP contribution in [0.2, 0.25) is 5.02 Å². The summed E-state index contributed by atoms with van der Waals surface area (Å²) in [5.41, 5.74) is 3.23. The van der Waals surface area contributed by atoms with E-state index in [-0.39, 0.29) is 5.75 Å². The van der Waals surface area contributed by atoms with Crippen molar-refractivity contribution < 1.29 is 26.6 Å². The second-order valence-electron chi connectivity index (χ2n) is 6.81. The van der Waals surface area contributed by atoms with Gasteiger partial charge in [0.25, 0.3) is 11.1 Å². The van der Waals surface area contributed by atoms with E-state index in [1.54, 1.807) is 25.3 Å². The Kier molecular flexibility index (Phi) is 5.64. The second-order valence-corrected chi connectivity index (χ2v) is 9.51. The molecule has 0 radical (unpaired) electrons. The summed E-state index contributed by atoms with van der Waals surface area (Å²) in [6, 6.07) is 10.8. The van der Waals surface area contributed by atoms with Crippen molar-refractivity contribution in [2.45, 2.75) is 17.8 Å². The van der Waals surface area contributed by atoms with E-state index in [1.165, 1.54) is 16.3 Å². The summed E-state index contributed by atoms with van der Waals surface area (Å²) in [7, 11) is 4.35. The molecule has 1 aliphatic carbocycles. The molecule has 1 aliphatic rings. The Labute approximate surface area is 182 Å². The van der Waals surface area contributed by atoms with E-state index in [0.29, 0.717) is 45.5 Å². The Hall–Kier alpha value is -1.95. The van der Waals surface area contributed by atoms with Crippen LogP contribution in [0.5, 0.6) is 17.2 Å². The molecule has 3 aromatic carbocycles. The highest BCUT2D eigenvalue weighted by molar-refractivity contribution is 7.86. The quantitative estimate of drug-likeness (QED) is 0.446. The van der Waals surface area contributed by atoms with Gasteiger partial charge in [0, 0.05) is 21.9 Å². The summed E-state index contributed by atoms with van der Waals surface area (Å²) < 4.78 is 55.4. The van der Waals surface area contributed by atoms with Crippen LogP contribution in [0, 0.1) is 0 Å². The molecule has 2 atom stereocenters. The van der Waals surface area contributed by atoms with Crippen LogP contribution in [0.3, 0.4) is 0 Å². The largest absolute Gasteiger partial charge is 0.497 e. The summed E-state index contributed by atoms with van der Waals surface area (Å²) in [6.07, 6.45) is 1.11. The summed E-state index contributed by atoms with van der Waals surface area (Å²) >= 11 is 3.90. The SMILES string of the molecule is COc1ccc2c(c1)CCc1c-2c(Cl)c2ccc(OC)cc2c1OS(=O)C(F)(F)P. The number of methoxy groups -OCH3 is 2. The monoisotopic (exact) mass is 470 g/mol. The highest BCUT2D eigenvalue weighted by Crippen LogP contribution is 2.49. The highest BCUT2D eigenvalue weighted by atomic mass is 35.5. The third-order valence-electron chi connectivity index (χ3n) is 5.11. The van der Waals surface area contributed by atoms with Crippen LogP contribution in [-0.2, 0) is 23.9 Å². The van der Waals surface area contributed by atoms with Gasteiger partial charge in [-0.05, 0) is 63.5 Å². The third-order valence-corrected chi connectivity index (χ3v) is 6.84. The lowest BCUT2D eigenvalue weighted by Gasteiger charge is -2.26. The maximum atomic E-state index is 13.7. The molecule has 4 nitrogen and oxygen atoms in total. The van der Waals surface area contributed by atoms with Crippen molar-refractivity contribution in [3.63, 3.8) is 0 Å². The molecule has 0 saturated heterocycles. The predicted octanol–water partition coefficient (Wildman–Crippen LogP) is 5.74. The Morgan fingerprint density at radius 3 is 2.37 bits per heavy atom. The number of alkyl halides is 2. The van der Waals surface area contributed by atoms with Gasteiger partial charge in [0.1, 0.15) is 11.5 Å². The molecule has 0 N–H and O–H groups in total. The van der Waals surface area contributed by atoms with Gasteiger partial charge in [-0.15, -0.1) is 0 Å². The number of hydrogen-bond donors (Lipinski definition) is 0. The van der Waals surface area contributed by atoms with Crippen LogP contribution in [0.15, 0.2) is 36.4 Å². The lowest BCUT2D eigenvalue weighted by Crippen LogP contribution is -2.20. The molecule has 2 unspecified atom stereocenters. The van der Waals surface area contributed by atoms with Crippen LogP contribution in [0.1, 0.15) is 11.1 Å². The Morgan fingerprint density at radius 1 is 1.03 bits per heavy atom. The van der Waals surface area contributed by atoms with Gasteiger partial charge < -0.3 is 13.7 Å². The van der Waals surface area contributed by atoms with E-state index in [1.807, 2.05) is 18.2 Å². The molecule has 0 saturated carbocycles. The number of aryl methyl sites for hydroxylation is 1. The predicted molar refractivity (Wildman–Crippen MR) is 118 cm³/mol. The maximum absolute atomic E-state index is 13.7. The average molecular weight is 471 g/mol. The lowest BCUT2D eigenvalue weighted by molar-refractivity contribution is 0.193. The van der Waals surface area contributed by atoms with E-state index in [0.717, 1.165) is 16.9 Å². The number of halogens is 3. The van der Waals surface area contributed by atoms with Crippen LogP contribution >= 0.6 is 20.8 Å². The average Bonchev–Trinajstić information content (AvgIpc) is 2.74. The topological polar surface area (TPSA) is 44.8 Å². The molecule has 0 aliphatic heterocycles. The van der Waals surface area contributed by atoms with Crippen molar-refractivity contribution in [1.29, 1.82) is 0 Å². The van der Waals surface area contributed by atoms with E-state index in [2.05, 4.69) is 0 Å². The van der Waals surface area contributed by atoms with Crippen molar-refractivity contribution in [1.82, 2.24) is 0 Å². The van der Waals surface area contributed by atoms with Gasteiger partial charge in [-0.3, -0.25) is 0 Å². The standard InChI is InChI=1S/C21H18ClF2O4PS/c1-26-12-4-7-14-11(9-12)3-6-16-18(14)19(22)15-8-5-13(27-2)10-17(15)20(16)28-30(25)21(23,24)29/h4-5,7-10H,3,6,29H2,1-2H3. The first-order valence-corrected chi connectivity index (χ1v) is 11.0. The summed E-state index contributed by atoms with van der Waals surface area (Å²) in [5.74, 6) is 1.36. The Bertz CT molecular complexity index is 1180. The summed E-state index contributed by atoms with van der Waals surface area (Å²) in [4.78, 5) is -3.60. The fourth-order valence-corrected chi connectivity index (χ4v) is 4.70. The number of benzene rings is 3. The number of ether oxygens (including phenoxy) is 2. The van der Waals surface area contributed by atoms with Gasteiger partial charge >= 0.3 is 5.00 Å². The second kappa shape index (κ2) is 7.95. The highest BCUT2D eigenvalue weighted by Gasteiger charge is 2.36. The fourth-order valence-electron chi connectivity index (χ4n) is 3.73. The molecule has 4 rings (SSSR count). The van der Waals surface area contributed by atoms with E-state index in [4.69, 9.17) is 25.3 Å². The fraction of sp³-hybridized carbons (Fsp3) is 0.238. The zero-order chi connectivity index (χ0) is 21.6. The molecular formula is C21H18ClF2O4PS. The zero-order valence-corrected chi connectivity index (χ0v) is 18.9. The van der Waals surface area contributed by atoms with Crippen LogP contribution in [0.25, 0.3) is 21.9 Å². The van der Waals surface area contributed by atoms with E-state index >= 15 is 0 Å². The first-order chi connectivity index (χ1) is 14.2. The van der Waals surface area contributed by atoms with Gasteiger partial charge in [0.15, 0.2) is 5.75 Å². The molecule has 0 amide bonds. The normalized spacial score (nSPS) is 14.1. The van der Waals surface area contributed by atoms with Crippen LogP contribution in [-0.4, -0.2) is 23.4 Å². The molecular weight excluding hydrogens is 453 g/mol. The minimum absolute atomic E-state index is 0.130. The first kappa shape index (κ1) is 21.3. The molecule has 9 heteroatoms. The maximum Gasteiger partial charge on any atom is 0.366 e. The smallest absolute Gasteiger partial charge is 0.366 e. The third kappa shape index (κ3) is 3.64. The number of hydrogen-bond acceptors (Lipinski definition) is 4. The van der Waals surface area contributed by atoms with E-state index in [9.17, 15) is 13.0 Å². The molecule has 0 spiro atoms. The minimum atomic E-state index is -3.60. The van der Waals surface area contributed by atoms with Crippen molar-refractivity contribution in [2.24, 2.45) is 0 Å². The van der Waals surface area contributed by atoms with Crippen molar-refractivity contribution in [3.8, 4) is 28.4 Å². The van der Waals surface area contributed by atoms with Crippen LogP contribution in [0.4, 0.5) is 8.78 Å². The number of fused-ring (bicyclic) bond motifs is 4. The molecule has 0 fully saturated rings. The van der Waals surface area contributed by atoms with Crippen LogP contribution < -0.4 is 13.7 Å². The van der Waals surface area contributed by atoms with E-state index < -0.39 is 16.1 Å². The Balaban J connectivity index is 2.03. The molecule has 158 valence electrons. The Morgan fingerprint density at radius 2 is 1.70 bits per heavy atom. The van der Waals surface area contributed by atoms with Gasteiger partial charge in [-0.25, -0.2) is 4.21 Å². The van der Waals surface area contributed by atoms with Gasteiger partial charge in [0.2, 0.25) is 0 Å². The molecule has 0 heterocycles. The molecule has 0 aromatic heterocycles. The van der Waals surface area contributed by atoms with Gasteiger partial charge in [-0.1, -0.05) is 17.7 Å². The summed E-state index contributed by atoms with van der Waals surface area (Å²) in [5, 5.41) is 1.54. The number of rotatable bonds is 5. The van der Waals surface area contributed by atoms with Gasteiger partial charge in [0.05, 0.1) is 19.2 Å². The lowest BCUT2D eigenvalue weighted by atomic mass is 9.83. The van der Waals surface area contributed by atoms with Crippen molar-refractivity contribution in [2.75, 3.05) is 14.2 Å². The zero-order valence-electron chi connectivity index (χ0n) is 16.1. The van der Waals surface area contributed by atoms with Crippen molar-refractivity contribution >= 4 is 42.7 Å². The van der Waals surface area contributed by atoms with Gasteiger partial charge in [-0.2, -0.15) is 8.78 Å². The summed E-state index contributed by atoms with van der Waals surface area (Å²) in [6.45, 7) is 0. The molecule has 0 bridgehead atoms.